The fourth-order valence-corrected chi connectivity index (χ4v) is 7.36. The second kappa shape index (κ2) is 7.02. The van der Waals surface area contributed by atoms with Gasteiger partial charge in [0.25, 0.3) is 0 Å². The average molecular weight is 443 g/mol. The van der Waals surface area contributed by atoms with E-state index in [9.17, 15) is 10.2 Å². The first kappa shape index (κ1) is 20.0. The van der Waals surface area contributed by atoms with Gasteiger partial charge in [-0.25, -0.2) is 0 Å². The number of hydrogen-bond donors (Lipinski definition) is 2. The number of benzene rings is 2. The highest BCUT2D eigenvalue weighted by atomic mass is 16.5. The maximum atomic E-state index is 12.7. The van der Waals surface area contributed by atoms with Crippen molar-refractivity contribution >= 4 is 10.9 Å². The molecule has 0 unspecified atom stereocenters. The van der Waals surface area contributed by atoms with Gasteiger partial charge in [0, 0.05) is 48.5 Å². The lowest BCUT2D eigenvalue weighted by Crippen LogP contribution is -2.74. The van der Waals surface area contributed by atoms with E-state index >= 15 is 0 Å². The summed E-state index contributed by atoms with van der Waals surface area (Å²) >= 11 is 0. The molecule has 2 N–H and O–H groups in total. The zero-order valence-corrected chi connectivity index (χ0v) is 18.8. The summed E-state index contributed by atoms with van der Waals surface area (Å²) in [6.45, 7) is 2.68. The Bertz CT molecular complexity index is 1250. The number of aliphatic hydroxyl groups is 1. The predicted molar refractivity (Wildman–Crippen MR) is 127 cm³/mol. The Morgan fingerprint density at radius 1 is 1.09 bits per heavy atom. The number of piperidine rings is 1. The van der Waals surface area contributed by atoms with Crippen molar-refractivity contribution in [2.75, 3.05) is 19.7 Å². The second-order valence-electron chi connectivity index (χ2n) is 10.6. The Hall–Kier alpha value is -2.47. The standard InChI is InChI=1S/C28H30N2O3/c31-21-8-7-18-13-26-28(32)15-20-12-19-4-1-2-6-24(19)29-25(20)16-27(28,23(18)14-21)9-10-30(26)17-22-5-3-11-33-22/h1-2,4,6-8,12,14,22,26,31-32H,3,5,9-11,13,15-17H2/t22-,26-,27-,28-/m1/s1. The number of aromatic hydroxyl groups is 1. The SMILES string of the molecule is Oc1ccc2c(c1)[C@]13CCN(C[C@H]4CCCO4)[C@H](C2)[C@]1(O)Cc1cc2ccccc2nc1C3. The number of likely N-dealkylation sites (tertiary alicyclic amines) is 1. The molecule has 2 aliphatic heterocycles. The number of ether oxygens (including phenoxy) is 1. The molecule has 1 aromatic heterocycles. The number of phenolic OH excluding ortho intramolecular Hbond substituents is 1. The van der Waals surface area contributed by atoms with Gasteiger partial charge in [0.1, 0.15) is 5.75 Å². The lowest BCUT2D eigenvalue weighted by atomic mass is 9.49. The topological polar surface area (TPSA) is 65.8 Å². The fourth-order valence-electron chi connectivity index (χ4n) is 7.36. The molecule has 4 atom stereocenters. The van der Waals surface area contributed by atoms with Crippen LogP contribution in [0.5, 0.6) is 5.75 Å². The number of aromatic nitrogens is 1. The van der Waals surface area contributed by atoms with Gasteiger partial charge in [0.2, 0.25) is 0 Å². The van der Waals surface area contributed by atoms with Gasteiger partial charge in [0.05, 0.1) is 17.2 Å². The largest absolute Gasteiger partial charge is 0.508 e. The smallest absolute Gasteiger partial charge is 0.115 e. The van der Waals surface area contributed by atoms with Crippen molar-refractivity contribution in [3.05, 3.63) is 70.9 Å². The molecule has 7 rings (SSSR count). The van der Waals surface area contributed by atoms with Crippen LogP contribution >= 0.6 is 0 Å². The maximum Gasteiger partial charge on any atom is 0.115 e. The van der Waals surface area contributed by atoms with E-state index in [0.29, 0.717) is 12.8 Å². The van der Waals surface area contributed by atoms with Gasteiger partial charge < -0.3 is 14.9 Å². The lowest BCUT2D eigenvalue weighted by molar-refractivity contribution is -0.156. The molecule has 0 saturated carbocycles. The first-order valence-electron chi connectivity index (χ1n) is 12.3. The number of fused-ring (bicyclic) bond motifs is 3. The highest BCUT2D eigenvalue weighted by molar-refractivity contribution is 5.79. The Balaban J connectivity index is 1.39. The van der Waals surface area contributed by atoms with Crippen molar-refractivity contribution in [1.82, 2.24) is 9.88 Å². The molecule has 0 radical (unpaired) electrons. The molecule has 33 heavy (non-hydrogen) atoms. The highest BCUT2D eigenvalue weighted by Gasteiger charge is 2.64. The summed E-state index contributed by atoms with van der Waals surface area (Å²) in [6, 6.07) is 16.3. The van der Waals surface area contributed by atoms with Crippen molar-refractivity contribution < 1.29 is 14.9 Å². The molecular formula is C28H30N2O3. The third-order valence-electron chi connectivity index (χ3n) is 8.95. The summed E-state index contributed by atoms with van der Waals surface area (Å²) in [4.78, 5) is 7.57. The molecule has 2 bridgehead atoms. The van der Waals surface area contributed by atoms with Crippen LogP contribution in [0.1, 0.15) is 41.6 Å². The number of pyridine rings is 1. The summed E-state index contributed by atoms with van der Waals surface area (Å²) in [6.07, 6.45) is 5.48. The van der Waals surface area contributed by atoms with E-state index in [4.69, 9.17) is 9.72 Å². The van der Waals surface area contributed by atoms with E-state index in [1.54, 1.807) is 6.07 Å². The maximum absolute atomic E-state index is 12.7. The quantitative estimate of drug-likeness (QED) is 0.636. The third-order valence-corrected chi connectivity index (χ3v) is 8.95. The van der Waals surface area contributed by atoms with Gasteiger partial charge >= 0.3 is 0 Å². The van der Waals surface area contributed by atoms with Crippen LogP contribution in [-0.4, -0.2) is 57.5 Å². The number of nitrogens with zero attached hydrogens (tertiary/aromatic N) is 2. The summed E-state index contributed by atoms with van der Waals surface area (Å²) in [5.41, 5.74) is 4.32. The van der Waals surface area contributed by atoms with E-state index < -0.39 is 11.0 Å². The minimum atomic E-state index is -0.901. The van der Waals surface area contributed by atoms with Crippen LogP contribution in [0.2, 0.25) is 0 Å². The molecule has 2 fully saturated rings. The molecule has 5 nitrogen and oxygen atoms in total. The van der Waals surface area contributed by atoms with Crippen LogP contribution in [-0.2, 0) is 29.4 Å². The molecule has 2 saturated heterocycles. The van der Waals surface area contributed by atoms with E-state index in [-0.39, 0.29) is 17.9 Å². The molecule has 0 spiro atoms. The van der Waals surface area contributed by atoms with Gasteiger partial charge in [-0.2, -0.15) is 0 Å². The fraction of sp³-hybridized carbons (Fsp3) is 0.464. The Morgan fingerprint density at radius 2 is 2.00 bits per heavy atom. The summed E-state index contributed by atoms with van der Waals surface area (Å²) in [7, 11) is 0. The second-order valence-corrected chi connectivity index (χ2v) is 10.6. The Morgan fingerprint density at radius 3 is 2.88 bits per heavy atom. The van der Waals surface area contributed by atoms with E-state index in [0.717, 1.165) is 67.5 Å². The van der Waals surface area contributed by atoms with Crippen LogP contribution in [0.4, 0.5) is 0 Å². The number of rotatable bonds is 2. The molecule has 4 aliphatic rings. The van der Waals surface area contributed by atoms with Crippen LogP contribution < -0.4 is 0 Å². The lowest BCUT2D eigenvalue weighted by Gasteiger charge is -2.63. The molecule has 170 valence electrons. The predicted octanol–water partition coefficient (Wildman–Crippen LogP) is 3.52. The Labute approximate surface area is 194 Å². The zero-order valence-electron chi connectivity index (χ0n) is 18.8. The molecule has 3 heterocycles. The highest BCUT2D eigenvalue weighted by Crippen LogP contribution is 2.57. The van der Waals surface area contributed by atoms with Crippen LogP contribution in [0.3, 0.4) is 0 Å². The van der Waals surface area contributed by atoms with Gasteiger partial charge in [-0.05, 0) is 73.2 Å². The van der Waals surface area contributed by atoms with E-state index in [1.165, 1.54) is 11.1 Å². The monoisotopic (exact) mass is 442 g/mol. The Kier molecular flexibility index (Phi) is 4.24. The van der Waals surface area contributed by atoms with Gasteiger partial charge in [-0.15, -0.1) is 0 Å². The average Bonchev–Trinajstić information content (AvgIpc) is 3.32. The van der Waals surface area contributed by atoms with Gasteiger partial charge in [-0.1, -0.05) is 24.3 Å². The van der Waals surface area contributed by atoms with E-state index in [2.05, 4.69) is 29.2 Å². The summed E-state index contributed by atoms with van der Waals surface area (Å²) in [5, 5.41) is 24.2. The van der Waals surface area contributed by atoms with Gasteiger partial charge in [0.15, 0.2) is 0 Å². The minimum Gasteiger partial charge on any atom is -0.508 e. The molecule has 3 aromatic rings. The molecule has 5 heteroatoms. The molecule has 0 amide bonds. The normalized spacial score (nSPS) is 32.9. The molecular weight excluding hydrogens is 412 g/mol. The first-order valence-corrected chi connectivity index (χ1v) is 12.3. The third kappa shape index (κ3) is 2.79. The number of hydrogen-bond acceptors (Lipinski definition) is 5. The molecule has 2 aromatic carbocycles. The van der Waals surface area contributed by atoms with Crippen molar-refractivity contribution in [3.8, 4) is 5.75 Å². The number of phenols is 1. The van der Waals surface area contributed by atoms with Crippen molar-refractivity contribution in [1.29, 1.82) is 0 Å². The van der Waals surface area contributed by atoms with Crippen LogP contribution in [0, 0.1) is 0 Å². The summed E-state index contributed by atoms with van der Waals surface area (Å²) < 4.78 is 5.98. The van der Waals surface area contributed by atoms with Crippen molar-refractivity contribution in [2.24, 2.45) is 0 Å². The first-order chi connectivity index (χ1) is 16.1. The van der Waals surface area contributed by atoms with E-state index in [1.807, 2.05) is 18.2 Å². The summed E-state index contributed by atoms with van der Waals surface area (Å²) in [5.74, 6) is 0.281. The van der Waals surface area contributed by atoms with Crippen molar-refractivity contribution in [3.63, 3.8) is 0 Å². The number of para-hydroxylation sites is 1. The van der Waals surface area contributed by atoms with Gasteiger partial charge in [-0.3, -0.25) is 9.88 Å². The molecule has 2 aliphatic carbocycles. The van der Waals surface area contributed by atoms with Crippen LogP contribution in [0.25, 0.3) is 10.9 Å². The minimum absolute atomic E-state index is 0.0344. The zero-order chi connectivity index (χ0) is 22.2. The van der Waals surface area contributed by atoms with Crippen LogP contribution in [0.15, 0.2) is 48.5 Å². The van der Waals surface area contributed by atoms with Crippen molar-refractivity contribution in [2.45, 2.75) is 61.7 Å².